The van der Waals surface area contributed by atoms with Crippen molar-refractivity contribution in [2.45, 2.75) is 45.3 Å². The molecule has 1 fully saturated rings. The molecule has 7 nitrogen and oxygen atoms in total. The summed E-state index contributed by atoms with van der Waals surface area (Å²) in [4.78, 5) is 22.4. The standard InChI is InChI=1S/C16H20N4O3/c1-16(2,3)22-15(21)20-10-4-5-12(20)14-18-13(19-23-14)11-6-8-17-9-7-11/h6-9,12H,4-5,10H2,1-3H3/t12-/m0/s1. The minimum absolute atomic E-state index is 0.229. The van der Waals surface area contributed by atoms with Crippen LogP contribution in [0.15, 0.2) is 29.0 Å². The van der Waals surface area contributed by atoms with Crippen LogP contribution in [0, 0.1) is 0 Å². The van der Waals surface area contributed by atoms with Gasteiger partial charge in [0.25, 0.3) is 0 Å². The summed E-state index contributed by atoms with van der Waals surface area (Å²) in [5.74, 6) is 0.943. The van der Waals surface area contributed by atoms with Gasteiger partial charge in [0.05, 0.1) is 0 Å². The van der Waals surface area contributed by atoms with Crippen molar-refractivity contribution in [3.05, 3.63) is 30.4 Å². The lowest BCUT2D eigenvalue weighted by molar-refractivity contribution is 0.0199. The van der Waals surface area contributed by atoms with Gasteiger partial charge >= 0.3 is 6.09 Å². The summed E-state index contributed by atoms with van der Waals surface area (Å²) < 4.78 is 10.8. The van der Waals surface area contributed by atoms with Crippen LogP contribution in [0.1, 0.15) is 45.5 Å². The summed E-state index contributed by atoms with van der Waals surface area (Å²) >= 11 is 0. The zero-order valence-electron chi connectivity index (χ0n) is 13.5. The van der Waals surface area contributed by atoms with Crippen molar-refractivity contribution in [3.8, 4) is 11.4 Å². The number of carbonyl (C=O) groups is 1. The lowest BCUT2D eigenvalue weighted by atomic mass is 10.2. The van der Waals surface area contributed by atoms with E-state index in [2.05, 4.69) is 15.1 Å². The second kappa shape index (κ2) is 5.98. The number of hydrogen-bond donors (Lipinski definition) is 0. The molecule has 1 atom stereocenters. The average molecular weight is 316 g/mol. The van der Waals surface area contributed by atoms with Crippen molar-refractivity contribution in [2.24, 2.45) is 0 Å². The average Bonchev–Trinajstić information content (AvgIpc) is 3.15. The Bertz CT molecular complexity index is 678. The predicted octanol–water partition coefficient (Wildman–Crippen LogP) is 3.20. The molecule has 0 spiro atoms. The van der Waals surface area contributed by atoms with Gasteiger partial charge in [0.2, 0.25) is 11.7 Å². The molecule has 122 valence electrons. The van der Waals surface area contributed by atoms with E-state index < -0.39 is 5.60 Å². The van der Waals surface area contributed by atoms with Crippen molar-refractivity contribution in [2.75, 3.05) is 6.54 Å². The fourth-order valence-corrected chi connectivity index (χ4v) is 2.55. The maximum atomic E-state index is 12.3. The molecule has 0 N–H and O–H groups in total. The largest absolute Gasteiger partial charge is 0.444 e. The molecule has 2 aromatic rings. The van der Waals surface area contributed by atoms with Crippen LogP contribution >= 0.6 is 0 Å². The number of aromatic nitrogens is 3. The molecule has 3 heterocycles. The van der Waals surface area contributed by atoms with Gasteiger partial charge in [-0.15, -0.1) is 0 Å². The van der Waals surface area contributed by atoms with Crippen LogP contribution in [0.25, 0.3) is 11.4 Å². The molecule has 0 aliphatic carbocycles. The number of ether oxygens (including phenoxy) is 1. The molecular weight excluding hydrogens is 296 g/mol. The van der Waals surface area contributed by atoms with Gasteiger partial charge in [-0.2, -0.15) is 4.98 Å². The van der Waals surface area contributed by atoms with E-state index >= 15 is 0 Å². The van der Waals surface area contributed by atoms with Gasteiger partial charge in [0, 0.05) is 24.5 Å². The lowest BCUT2D eigenvalue weighted by Crippen LogP contribution is -2.36. The Kier molecular flexibility index (Phi) is 4.02. The summed E-state index contributed by atoms with van der Waals surface area (Å²) in [7, 11) is 0. The van der Waals surface area contributed by atoms with E-state index in [1.165, 1.54) is 0 Å². The first-order chi connectivity index (χ1) is 10.9. The molecule has 0 saturated carbocycles. The topological polar surface area (TPSA) is 81.4 Å². The second-order valence-electron chi connectivity index (χ2n) is 6.52. The first-order valence-electron chi connectivity index (χ1n) is 7.68. The van der Waals surface area contributed by atoms with Gasteiger partial charge in [0.15, 0.2) is 0 Å². The molecule has 23 heavy (non-hydrogen) atoms. The second-order valence-corrected chi connectivity index (χ2v) is 6.52. The number of likely N-dealkylation sites (tertiary alicyclic amines) is 1. The Morgan fingerprint density at radius 2 is 2.09 bits per heavy atom. The Balaban J connectivity index is 1.78. The monoisotopic (exact) mass is 316 g/mol. The van der Waals surface area contributed by atoms with E-state index in [9.17, 15) is 4.79 Å². The summed E-state index contributed by atoms with van der Waals surface area (Å²) in [6.07, 6.45) is 4.68. The number of carbonyl (C=O) groups excluding carboxylic acids is 1. The molecule has 1 amide bonds. The van der Waals surface area contributed by atoms with E-state index in [1.54, 1.807) is 17.3 Å². The zero-order chi connectivity index (χ0) is 16.4. The smallest absolute Gasteiger partial charge is 0.410 e. The van der Waals surface area contributed by atoms with Gasteiger partial charge in [0.1, 0.15) is 11.6 Å². The van der Waals surface area contributed by atoms with E-state index in [0.717, 1.165) is 18.4 Å². The minimum atomic E-state index is -0.527. The zero-order valence-corrected chi connectivity index (χ0v) is 13.5. The van der Waals surface area contributed by atoms with Crippen LogP contribution in [0.4, 0.5) is 4.79 Å². The fraction of sp³-hybridized carbons (Fsp3) is 0.500. The number of nitrogens with zero attached hydrogens (tertiary/aromatic N) is 4. The molecule has 1 saturated heterocycles. The van der Waals surface area contributed by atoms with Crippen LogP contribution in [0.3, 0.4) is 0 Å². The van der Waals surface area contributed by atoms with Crippen LogP contribution in [-0.4, -0.2) is 38.3 Å². The third kappa shape index (κ3) is 3.49. The highest BCUT2D eigenvalue weighted by Gasteiger charge is 2.36. The summed E-state index contributed by atoms with van der Waals surface area (Å²) in [6, 6.07) is 3.40. The van der Waals surface area contributed by atoms with E-state index in [0.29, 0.717) is 18.3 Å². The van der Waals surface area contributed by atoms with Crippen molar-refractivity contribution < 1.29 is 14.1 Å². The lowest BCUT2D eigenvalue weighted by Gasteiger charge is -2.26. The van der Waals surface area contributed by atoms with E-state index in [1.807, 2.05) is 32.9 Å². The van der Waals surface area contributed by atoms with Crippen LogP contribution in [-0.2, 0) is 4.74 Å². The Morgan fingerprint density at radius 3 is 2.78 bits per heavy atom. The summed E-state index contributed by atoms with van der Waals surface area (Å²) in [5, 5.41) is 4.01. The molecule has 1 aliphatic rings. The van der Waals surface area contributed by atoms with Gasteiger partial charge < -0.3 is 9.26 Å². The number of hydrogen-bond acceptors (Lipinski definition) is 6. The quantitative estimate of drug-likeness (QED) is 0.846. The van der Waals surface area contributed by atoms with Gasteiger partial charge in [-0.1, -0.05) is 5.16 Å². The van der Waals surface area contributed by atoms with E-state index in [-0.39, 0.29) is 12.1 Å². The molecule has 1 aliphatic heterocycles. The van der Waals surface area contributed by atoms with Gasteiger partial charge in [-0.25, -0.2) is 4.79 Å². The maximum absolute atomic E-state index is 12.3. The van der Waals surface area contributed by atoms with Crippen LogP contribution in [0.5, 0.6) is 0 Å². The highest BCUT2D eigenvalue weighted by molar-refractivity contribution is 5.69. The third-order valence-corrected chi connectivity index (χ3v) is 3.55. The van der Waals surface area contributed by atoms with Crippen LogP contribution in [0.2, 0.25) is 0 Å². The molecular formula is C16H20N4O3. The summed E-state index contributed by atoms with van der Waals surface area (Å²) in [6.45, 7) is 6.19. The SMILES string of the molecule is CC(C)(C)OC(=O)N1CCC[C@H]1c1nc(-c2ccncc2)no1. The molecule has 3 rings (SSSR count). The summed E-state index contributed by atoms with van der Waals surface area (Å²) in [5.41, 5.74) is 0.304. The molecule has 0 radical (unpaired) electrons. The van der Waals surface area contributed by atoms with Crippen molar-refractivity contribution in [1.82, 2.24) is 20.0 Å². The van der Waals surface area contributed by atoms with Crippen LogP contribution < -0.4 is 0 Å². The number of amides is 1. The predicted molar refractivity (Wildman–Crippen MR) is 82.4 cm³/mol. The first-order valence-corrected chi connectivity index (χ1v) is 7.68. The molecule has 0 bridgehead atoms. The molecule has 0 aromatic carbocycles. The van der Waals surface area contributed by atoms with Crippen molar-refractivity contribution in [1.29, 1.82) is 0 Å². The maximum Gasteiger partial charge on any atom is 0.410 e. The molecule has 0 unspecified atom stereocenters. The number of pyridine rings is 1. The normalized spacial score (nSPS) is 18.2. The van der Waals surface area contributed by atoms with Gasteiger partial charge in [-0.3, -0.25) is 9.88 Å². The van der Waals surface area contributed by atoms with Gasteiger partial charge in [-0.05, 0) is 45.7 Å². The molecule has 7 heteroatoms. The highest BCUT2D eigenvalue weighted by atomic mass is 16.6. The van der Waals surface area contributed by atoms with Crippen molar-refractivity contribution >= 4 is 6.09 Å². The Labute approximate surface area is 134 Å². The van der Waals surface area contributed by atoms with E-state index in [4.69, 9.17) is 9.26 Å². The minimum Gasteiger partial charge on any atom is -0.444 e. The Hall–Kier alpha value is -2.44. The first kappa shape index (κ1) is 15.5. The third-order valence-electron chi connectivity index (χ3n) is 3.55. The van der Waals surface area contributed by atoms with Crippen molar-refractivity contribution in [3.63, 3.8) is 0 Å². The molecule has 2 aromatic heterocycles. The number of rotatable bonds is 2. The highest BCUT2D eigenvalue weighted by Crippen LogP contribution is 2.33. The Morgan fingerprint density at radius 1 is 1.35 bits per heavy atom. The fourth-order valence-electron chi connectivity index (χ4n) is 2.55.